The van der Waals surface area contributed by atoms with Gasteiger partial charge in [0.15, 0.2) is 0 Å². The van der Waals surface area contributed by atoms with E-state index in [0.29, 0.717) is 5.88 Å². The molecule has 0 fully saturated rings. The normalized spacial score (nSPS) is 11.4. The molecule has 0 heterocycles. The highest BCUT2D eigenvalue weighted by molar-refractivity contribution is 6.17. The average molecular weight is 664 g/mol. The van der Waals surface area contributed by atoms with Gasteiger partial charge in [0.25, 0.3) is 0 Å². The molecule has 1 aromatic rings. The molecule has 2 nitrogen and oxygen atoms in total. The van der Waals surface area contributed by atoms with E-state index in [-0.39, 0.29) is 0 Å². The van der Waals surface area contributed by atoms with E-state index in [9.17, 15) is 0 Å². The van der Waals surface area contributed by atoms with E-state index < -0.39 is 0 Å². The molecule has 0 aromatic heterocycles. The van der Waals surface area contributed by atoms with Crippen molar-refractivity contribution in [3.05, 3.63) is 23.8 Å². The smallest absolute Gasteiger partial charge is 0.123 e. The van der Waals surface area contributed by atoms with Crippen molar-refractivity contribution in [1.82, 2.24) is 0 Å². The zero-order valence-corrected chi connectivity index (χ0v) is 31.9. The molecule has 1 rings (SSSR count). The average Bonchev–Trinajstić information content (AvgIpc) is 3.07. The van der Waals surface area contributed by atoms with Crippen molar-refractivity contribution in [2.75, 3.05) is 13.2 Å². The summed E-state index contributed by atoms with van der Waals surface area (Å²) >= 11 is 6.17. The van der Waals surface area contributed by atoms with Crippen molar-refractivity contribution in [3.63, 3.8) is 0 Å². The lowest BCUT2D eigenvalue weighted by Crippen LogP contribution is -2.01. The number of benzene rings is 1. The van der Waals surface area contributed by atoms with Crippen LogP contribution in [-0.2, 0) is 5.88 Å². The van der Waals surface area contributed by atoms with Gasteiger partial charge in [0, 0.05) is 11.9 Å². The zero-order chi connectivity index (χ0) is 33.0. The molecule has 0 bridgehead atoms. The van der Waals surface area contributed by atoms with Crippen LogP contribution >= 0.6 is 11.6 Å². The van der Waals surface area contributed by atoms with Gasteiger partial charge in [0.2, 0.25) is 0 Å². The van der Waals surface area contributed by atoms with Gasteiger partial charge in [-0.2, -0.15) is 0 Å². The van der Waals surface area contributed by atoms with Crippen molar-refractivity contribution in [1.29, 1.82) is 0 Å². The summed E-state index contributed by atoms with van der Waals surface area (Å²) in [5, 5.41) is 0. The molecule has 0 N–H and O–H groups in total. The first kappa shape index (κ1) is 43.1. The first-order chi connectivity index (χ1) is 22.8. The number of alkyl halides is 1. The summed E-state index contributed by atoms with van der Waals surface area (Å²) in [6.07, 6.45) is 44.5. The van der Waals surface area contributed by atoms with Crippen LogP contribution in [-0.4, -0.2) is 13.2 Å². The topological polar surface area (TPSA) is 18.5 Å². The van der Waals surface area contributed by atoms with Crippen LogP contribution in [0.2, 0.25) is 0 Å². The van der Waals surface area contributed by atoms with Crippen LogP contribution in [0.1, 0.15) is 225 Å². The Morgan fingerprint density at radius 2 is 0.587 bits per heavy atom. The minimum atomic E-state index is 0.492. The molecule has 0 atom stereocenters. The maximum absolute atomic E-state index is 6.17. The summed E-state index contributed by atoms with van der Waals surface area (Å²) in [6, 6.07) is 6.19. The SMILES string of the molecule is CCCCCCCCCCCCCCCCCCOc1cc(CCl)cc(OCCCCCCCCCCCCCCCCCC)c1. The van der Waals surface area contributed by atoms with Crippen LogP contribution in [0.25, 0.3) is 0 Å². The van der Waals surface area contributed by atoms with Crippen molar-refractivity contribution >= 4 is 11.6 Å². The Kier molecular flexibility index (Phi) is 33.2. The number of rotatable bonds is 37. The first-order valence-corrected chi connectivity index (χ1v) is 21.3. The van der Waals surface area contributed by atoms with Gasteiger partial charge in [-0.15, -0.1) is 11.6 Å². The molecule has 0 saturated heterocycles. The molecule has 0 aliphatic carbocycles. The highest BCUT2D eigenvalue weighted by Gasteiger charge is 2.04. The molecule has 3 heteroatoms. The predicted octanol–water partition coefficient (Wildman–Crippen LogP) is 15.7. The minimum absolute atomic E-state index is 0.492. The fourth-order valence-corrected chi connectivity index (χ4v) is 6.71. The number of hydrogen-bond donors (Lipinski definition) is 0. The zero-order valence-electron chi connectivity index (χ0n) is 31.2. The highest BCUT2D eigenvalue weighted by atomic mass is 35.5. The molecular formula is C43H79ClO2. The molecule has 270 valence electrons. The van der Waals surface area contributed by atoms with Gasteiger partial charge < -0.3 is 9.47 Å². The number of halogens is 1. The van der Waals surface area contributed by atoms with E-state index in [1.807, 2.05) is 0 Å². The molecule has 0 aliphatic rings. The van der Waals surface area contributed by atoms with E-state index in [1.165, 1.54) is 193 Å². The lowest BCUT2D eigenvalue weighted by molar-refractivity contribution is 0.289. The monoisotopic (exact) mass is 663 g/mol. The fraction of sp³-hybridized carbons (Fsp3) is 0.860. The number of hydrogen-bond acceptors (Lipinski definition) is 2. The Bertz CT molecular complexity index is 679. The molecule has 0 aliphatic heterocycles. The Morgan fingerprint density at radius 3 is 0.826 bits per heavy atom. The standard InChI is InChI=1S/C43H79ClO2/c1-3-5-7-9-11-13-15-17-19-21-23-25-27-29-31-33-35-45-42-37-41(40-44)38-43(39-42)46-36-34-32-30-28-26-24-22-20-18-16-14-12-10-8-6-4-2/h37-39H,3-36,40H2,1-2H3. The fourth-order valence-electron chi connectivity index (χ4n) is 6.55. The van der Waals surface area contributed by atoms with E-state index in [2.05, 4.69) is 32.0 Å². The molecule has 0 saturated carbocycles. The van der Waals surface area contributed by atoms with Crippen LogP contribution < -0.4 is 9.47 Å². The largest absolute Gasteiger partial charge is 0.493 e. The summed E-state index contributed by atoms with van der Waals surface area (Å²) in [4.78, 5) is 0. The van der Waals surface area contributed by atoms with E-state index in [0.717, 1.165) is 43.1 Å². The quantitative estimate of drug-likeness (QED) is 0.0521. The predicted molar refractivity (Wildman–Crippen MR) is 206 cm³/mol. The van der Waals surface area contributed by atoms with Crippen molar-refractivity contribution in [2.45, 2.75) is 225 Å². The maximum atomic E-state index is 6.17. The van der Waals surface area contributed by atoms with Crippen molar-refractivity contribution in [3.8, 4) is 11.5 Å². The van der Waals surface area contributed by atoms with E-state index in [4.69, 9.17) is 21.1 Å². The molecule has 0 amide bonds. The molecule has 0 radical (unpaired) electrons. The second-order valence-electron chi connectivity index (χ2n) is 14.2. The van der Waals surface area contributed by atoms with Crippen molar-refractivity contribution in [2.24, 2.45) is 0 Å². The van der Waals surface area contributed by atoms with Gasteiger partial charge in [0.05, 0.1) is 13.2 Å². The Morgan fingerprint density at radius 1 is 0.348 bits per heavy atom. The Balaban J connectivity index is 1.95. The summed E-state index contributed by atoms with van der Waals surface area (Å²) in [7, 11) is 0. The Labute approximate surface area is 293 Å². The number of unbranched alkanes of at least 4 members (excludes halogenated alkanes) is 30. The molecular weight excluding hydrogens is 584 g/mol. The van der Waals surface area contributed by atoms with Gasteiger partial charge >= 0.3 is 0 Å². The van der Waals surface area contributed by atoms with Crippen LogP contribution in [0, 0.1) is 0 Å². The third-order valence-corrected chi connectivity index (χ3v) is 9.94. The van der Waals surface area contributed by atoms with E-state index >= 15 is 0 Å². The third-order valence-electron chi connectivity index (χ3n) is 9.63. The van der Waals surface area contributed by atoms with Crippen LogP contribution in [0.4, 0.5) is 0 Å². The molecule has 0 unspecified atom stereocenters. The summed E-state index contributed by atoms with van der Waals surface area (Å²) < 4.78 is 12.2. The lowest BCUT2D eigenvalue weighted by atomic mass is 10.0. The summed E-state index contributed by atoms with van der Waals surface area (Å²) in [5.41, 5.74) is 1.08. The molecule has 46 heavy (non-hydrogen) atoms. The summed E-state index contributed by atoms with van der Waals surface area (Å²) in [5.74, 6) is 2.30. The minimum Gasteiger partial charge on any atom is -0.493 e. The van der Waals surface area contributed by atoms with Crippen LogP contribution in [0.5, 0.6) is 11.5 Å². The van der Waals surface area contributed by atoms with Gasteiger partial charge in [-0.1, -0.05) is 206 Å². The molecule has 0 spiro atoms. The lowest BCUT2D eigenvalue weighted by Gasteiger charge is -2.12. The molecule has 1 aromatic carbocycles. The van der Waals surface area contributed by atoms with Crippen LogP contribution in [0.3, 0.4) is 0 Å². The first-order valence-electron chi connectivity index (χ1n) is 20.8. The van der Waals surface area contributed by atoms with Gasteiger partial charge in [-0.3, -0.25) is 0 Å². The van der Waals surface area contributed by atoms with Gasteiger partial charge in [-0.25, -0.2) is 0 Å². The second kappa shape index (κ2) is 35.4. The third kappa shape index (κ3) is 29.3. The maximum Gasteiger partial charge on any atom is 0.123 e. The van der Waals surface area contributed by atoms with Gasteiger partial charge in [0.1, 0.15) is 11.5 Å². The summed E-state index contributed by atoms with van der Waals surface area (Å²) in [6.45, 7) is 6.15. The number of ether oxygens (including phenoxy) is 2. The van der Waals surface area contributed by atoms with Crippen LogP contribution in [0.15, 0.2) is 18.2 Å². The van der Waals surface area contributed by atoms with E-state index in [1.54, 1.807) is 0 Å². The van der Waals surface area contributed by atoms with Gasteiger partial charge in [-0.05, 0) is 30.5 Å². The highest BCUT2D eigenvalue weighted by Crippen LogP contribution is 2.25. The van der Waals surface area contributed by atoms with Crippen molar-refractivity contribution < 1.29 is 9.47 Å². The second-order valence-corrected chi connectivity index (χ2v) is 14.5. The Hall–Kier alpha value is -0.890.